The van der Waals surface area contributed by atoms with Gasteiger partial charge >= 0.3 is 0 Å². The first-order valence-electron chi connectivity index (χ1n) is 7.83. The SMILES string of the molecule is COc1ccc(NC(=O)c2cnn(C)c2C)cc1-c1c(C)noc1C. The number of nitrogens with zero attached hydrogens (tertiary/aromatic N) is 3. The molecular weight excluding hydrogens is 320 g/mol. The number of aryl methyl sites for hydroxylation is 3. The Morgan fingerprint density at radius 3 is 2.60 bits per heavy atom. The van der Waals surface area contributed by atoms with Gasteiger partial charge in [0.05, 0.1) is 30.1 Å². The average Bonchev–Trinajstić information content (AvgIpc) is 3.10. The highest BCUT2D eigenvalue weighted by molar-refractivity contribution is 6.05. The molecular formula is C18H20N4O3. The summed E-state index contributed by atoms with van der Waals surface area (Å²) < 4.78 is 12.4. The monoisotopic (exact) mass is 340 g/mol. The van der Waals surface area contributed by atoms with Crippen molar-refractivity contribution in [2.24, 2.45) is 7.05 Å². The van der Waals surface area contributed by atoms with Crippen molar-refractivity contribution >= 4 is 11.6 Å². The van der Waals surface area contributed by atoms with E-state index in [0.29, 0.717) is 22.8 Å². The maximum atomic E-state index is 12.5. The largest absolute Gasteiger partial charge is 0.496 e. The lowest BCUT2D eigenvalue weighted by Gasteiger charge is -2.11. The van der Waals surface area contributed by atoms with Crippen molar-refractivity contribution in [3.63, 3.8) is 0 Å². The molecule has 0 aliphatic rings. The Morgan fingerprint density at radius 2 is 2.04 bits per heavy atom. The molecule has 0 bridgehead atoms. The van der Waals surface area contributed by atoms with Gasteiger partial charge in [-0.15, -0.1) is 0 Å². The smallest absolute Gasteiger partial charge is 0.259 e. The van der Waals surface area contributed by atoms with E-state index in [4.69, 9.17) is 9.26 Å². The second kappa shape index (κ2) is 6.43. The second-order valence-corrected chi connectivity index (χ2v) is 5.84. The van der Waals surface area contributed by atoms with E-state index in [1.54, 1.807) is 31.1 Å². The molecule has 0 aliphatic carbocycles. The summed E-state index contributed by atoms with van der Waals surface area (Å²) in [5, 5.41) is 11.0. The van der Waals surface area contributed by atoms with Gasteiger partial charge in [-0.05, 0) is 39.0 Å². The number of amides is 1. The molecule has 7 nitrogen and oxygen atoms in total. The number of ether oxygens (including phenoxy) is 1. The van der Waals surface area contributed by atoms with Crippen molar-refractivity contribution in [2.75, 3.05) is 12.4 Å². The first-order chi connectivity index (χ1) is 11.9. The Balaban J connectivity index is 1.97. The summed E-state index contributed by atoms with van der Waals surface area (Å²) in [5.41, 5.74) is 4.45. The van der Waals surface area contributed by atoms with Gasteiger partial charge in [0.15, 0.2) is 0 Å². The van der Waals surface area contributed by atoms with E-state index in [0.717, 1.165) is 22.5 Å². The number of hydrogen-bond donors (Lipinski definition) is 1. The van der Waals surface area contributed by atoms with Crippen LogP contribution in [0.15, 0.2) is 28.9 Å². The molecule has 0 saturated heterocycles. The van der Waals surface area contributed by atoms with Crippen molar-refractivity contribution in [1.82, 2.24) is 14.9 Å². The minimum Gasteiger partial charge on any atom is -0.496 e. The van der Waals surface area contributed by atoms with Gasteiger partial charge in [-0.1, -0.05) is 5.16 Å². The van der Waals surface area contributed by atoms with Gasteiger partial charge in [0.2, 0.25) is 0 Å². The lowest BCUT2D eigenvalue weighted by Crippen LogP contribution is -2.13. The molecule has 7 heteroatoms. The molecule has 2 heterocycles. The van der Waals surface area contributed by atoms with Crippen LogP contribution in [0.1, 0.15) is 27.5 Å². The normalized spacial score (nSPS) is 10.8. The topological polar surface area (TPSA) is 82.2 Å². The lowest BCUT2D eigenvalue weighted by molar-refractivity contribution is 0.102. The van der Waals surface area contributed by atoms with Crippen LogP contribution in [0.5, 0.6) is 5.75 Å². The average molecular weight is 340 g/mol. The third-order valence-electron chi connectivity index (χ3n) is 4.24. The molecule has 1 N–H and O–H groups in total. The Kier molecular flexibility index (Phi) is 4.31. The van der Waals surface area contributed by atoms with Crippen LogP contribution in [-0.2, 0) is 7.05 Å². The molecule has 1 amide bonds. The van der Waals surface area contributed by atoms with Crippen molar-refractivity contribution in [3.05, 3.63) is 47.1 Å². The fourth-order valence-corrected chi connectivity index (χ4v) is 2.77. The maximum Gasteiger partial charge on any atom is 0.259 e. The molecule has 0 atom stereocenters. The number of carbonyl (C=O) groups is 1. The summed E-state index contributed by atoms with van der Waals surface area (Å²) in [5.74, 6) is 1.17. The van der Waals surface area contributed by atoms with E-state index in [-0.39, 0.29) is 5.91 Å². The predicted octanol–water partition coefficient (Wildman–Crippen LogP) is 3.26. The second-order valence-electron chi connectivity index (χ2n) is 5.84. The highest BCUT2D eigenvalue weighted by Crippen LogP contribution is 2.36. The zero-order chi connectivity index (χ0) is 18.1. The first-order valence-corrected chi connectivity index (χ1v) is 7.83. The standard InChI is InChI=1S/C18H20N4O3/c1-10-17(12(3)25-21-10)14-8-13(6-7-16(14)24-5)20-18(23)15-9-19-22(4)11(15)2/h6-9H,1-5H3,(H,20,23). The van der Waals surface area contributed by atoms with E-state index in [2.05, 4.69) is 15.6 Å². The zero-order valence-corrected chi connectivity index (χ0v) is 14.9. The quantitative estimate of drug-likeness (QED) is 0.788. The van der Waals surface area contributed by atoms with Crippen LogP contribution >= 0.6 is 0 Å². The first kappa shape index (κ1) is 16.8. The third kappa shape index (κ3) is 3.00. The minimum absolute atomic E-state index is 0.208. The van der Waals surface area contributed by atoms with Gasteiger partial charge in [-0.25, -0.2) is 0 Å². The molecule has 0 saturated carbocycles. The molecule has 0 radical (unpaired) electrons. The Bertz CT molecular complexity index is 920. The van der Waals surface area contributed by atoms with Gasteiger partial charge in [-0.2, -0.15) is 5.10 Å². The number of rotatable bonds is 4. The van der Waals surface area contributed by atoms with Gasteiger partial charge < -0.3 is 14.6 Å². The zero-order valence-electron chi connectivity index (χ0n) is 14.9. The highest BCUT2D eigenvalue weighted by Gasteiger charge is 2.18. The van der Waals surface area contributed by atoms with Gasteiger partial charge in [-0.3, -0.25) is 9.48 Å². The van der Waals surface area contributed by atoms with Gasteiger partial charge in [0, 0.05) is 24.0 Å². The number of nitrogens with one attached hydrogen (secondary N) is 1. The lowest BCUT2D eigenvalue weighted by atomic mass is 10.0. The van der Waals surface area contributed by atoms with Crippen LogP contribution < -0.4 is 10.1 Å². The number of methoxy groups -OCH3 is 1. The summed E-state index contributed by atoms with van der Waals surface area (Å²) in [4.78, 5) is 12.5. The molecule has 0 fully saturated rings. The van der Waals surface area contributed by atoms with Crippen molar-refractivity contribution in [1.29, 1.82) is 0 Å². The fraction of sp³-hybridized carbons (Fsp3) is 0.278. The summed E-state index contributed by atoms with van der Waals surface area (Å²) in [7, 11) is 3.41. The number of hydrogen-bond acceptors (Lipinski definition) is 5. The van der Waals surface area contributed by atoms with E-state index in [1.165, 1.54) is 0 Å². The molecule has 25 heavy (non-hydrogen) atoms. The number of carbonyl (C=O) groups excluding carboxylic acids is 1. The molecule has 0 unspecified atom stereocenters. The maximum absolute atomic E-state index is 12.5. The number of anilines is 1. The van der Waals surface area contributed by atoms with Crippen molar-refractivity contribution < 1.29 is 14.1 Å². The molecule has 0 spiro atoms. The van der Waals surface area contributed by atoms with Crippen LogP contribution in [-0.4, -0.2) is 28.0 Å². The Hall–Kier alpha value is -3.09. The third-order valence-corrected chi connectivity index (χ3v) is 4.24. The van der Waals surface area contributed by atoms with Crippen LogP contribution in [0.4, 0.5) is 5.69 Å². The number of benzene rings is 1. The summed E-state index contributed by atoms with van der Waals surface area (Å²) in [6.07, 6.45) is 1.56. The van der Waals surface area contributed by atoms with Gasteiger partial charge in [0.1, 0.15) is 11.5 Å². The van der Waals surface area contributed by atoms with Crippen LogP contribution in [0, 0.1) is 20.8 Å². The fourth-order valence-electron chi connectivity index (χ4n) is 2.77. The molecule has 1 aromatic carbocycles. The van der Waals surface area contributed by atoms with Crippen molar-refractivity contribution in [2.45, 2.75) is 20.8 Å². The summed E-state index contributed by atoms with van der Waals surface area (Å²) in [6, 6.07) is 5.46. The molecule has 130 valence electrons. The predicted molar refractivity (Wildman–Crippen MR) is 93.9 cm³/mol. The summed E-state index contributed by atoms with van der Waals surface area (Å²) >= 11 is 0. The molecule has 3 aromatic rings. The van der Waals surface area contributed by atoms with E-state index in [1.807, 2.05) is 32.9 Å². The van der Waals surface area contributed by atoms with Gasteiger partial charge in [0.25, 0.3) is 5.91 Å². The Morgan fingerprint density at radius 1 is 1.28 bits per heavy atom. The van der Waals surface area contributed by atoms with Crippen LogP contribution in [0.25, 0.3) is 11.1 Å². The van der Waals surface area contributed by atoms with Crippen LogP contribution in [0.2, 0.25) is 0 Å². The van der Waals surface area contributed by atoms with Crippen molar-refractivity contribution in [3.8, 4) is 16.9 Å². The Labute approximate surface area is 145 Å². The summed E-state index contributed by atoms with van der Waals surface area (Å²) in [6.45, 7) is 5.57. The number of aromatic nitrogens is 3. The van der Waals surface area contributed by atoms with E-state index < -0.39 is 0 Å². The molecule has 0 aliphatic heterocycles. The van der Waals surface area contributed by atoms with E-state index >= 15 is 0 Å². The minimum atomic E-state index is -0.208. The molecule has 3 rings (SSSR count). The highest BCUT2D eigenvalue weighted by atomic mass is 16.5. The molecule has 2 aromatic heterocycles. The van der Waals surface area contributed by atoms with Crippen LogP contribution in [0.3, 0.4) is 0 Å². The van der Waals surface area contributed by atoms with E-state index in [9.17, 15) is 4.79 Å².